The molecule has 0 spiro atoms. The molecule has 10 heteroatoms. The second kappa shape index (κ2) is 7.76. The van der Waals surface area contributed by atoms with Crippen LogP contribution in [0.25, 0.3) is 0 Å². The zero-order valence-corrected chi connectivity index (χ0v) is 16.7. The summed E-state index contributed by atoms with van der Waals surface area (Å²) in [5, 5.41) is 2.62. The minimum atomic E-state index is -4.60. The highest BCUT2D eigenvalue weighted by Crippen LogP contribution is 2.38. The molecule has 0 saturated heterocycles. The number of benzene rings is 2. The van der Waals surface area contributed by atoms with Gasteiger partial charge >= 0.3 is 6.18 Å². The van der Waals surface area contributed by atoms with Crippen molar-refractivity contribution >= 4 is 46.4 Å². The average molecular weight is 447 g/mol. The summed E-state index contributed by atoms with van der Waals surface area (Å²) in [6.07, 6.45) is -5.45. The Labute approximate surface area is 174 Å². The smallest absolute Gasteiger partial charge is 0.416 e. The summed E-state index contributed by atoms with van der Waals surface area (Å²) in [5.41, 5.74) is -0.880. The van der Waals surface area contributed by atoms with E-state index in [1.807, 2.05) is 0 Å². The van der Waals surface area contributed by atoms with Crippen LogP contribution in [-0.2, 0) is 15.8 Å². The van der Waals surface area contributed by atoms with E-state index in [9.17, 15) is 22.8 Å². The number of carbonyl (C=O) groups is 2. The van der Waals surface area contributed by atoms with Crippen molar-refractivity contribution in [2.45, 2.75) is 32.2 Å². The van der Waals surface area contributed by atoms with Crippen LogP contribution in [0, 0.1) is 0 Å². The topological polar surface area (TPSA) is 58.6 Å². The number of anilines is 2. The van der Waals surface area contributed by atoms with E-state index in [0.717, 1.165) is 18.2 Å². The van der Waals surface area contributed by atoms with Crippen LogP contribution < -0.4 is 15.0 Å². The van der Waals surface area contributed by atoms with Crippen molar-refractivity contribution in [1.82, 2.24) is 0 Å². The van der Waals surface area contributed by atoms with E-state index >= 15 is 0 Å². The van der Waals surface area contributed by atoms with Crippen molar-refractivity contribution in [3.63, 3.8) is 0 Å². The van der Waals surface area contributed by atoms with Crippen molar-refractivity contribution in [2.24, 2.45) is 0 Å². The fraction of sp³-hybridized carbons (Fsp3) is 0.263. The van der Waals surface area contributed by atoms with Gasteiger partial charge in [0.1, 0.15) is 11.8 Å². The fourth-order valence-corrected chi connectivity index (χ4v) is 3.22. The molecule has 3 rings (SSSR count). The Kier molecular flexibility index (Phi) is 5.69. The van der Waals surface area contributed by atoms with Crippen LogP contribution >= 0.6 is 23.2 Å². The van der Waals surface area contributed by atoms with Crippen LogP contribution in [0.5, 0.6) is 5.75 Å². The first-order valence-corrected chi connectivity index (χ1v) is 9.21. The number of ether oxygens (including phenoxy) is 1. The molecular weight excluding hydrogens is 432 g/mol. The van der Waals surface area contributed by atoms with E-state index in [1.165, 1.54) is 24.8 Å². The molecule has 0 aliphatic carbocycles. The molecule has 0 bridgehead atoms. The summed E-state index contributed by atoms with van der Waals surface area (Å²) in [5.74, 6) is -0.851. The highest BCUT2D eigenvalue weighted by atomic mass is 35.5. The average Bonchev–Trinajstić information content (AvgIpc) is 2.63. The van der Waals surface area contributed by atoms with E-state index in [-0.39, 0.29) is 10.7 Å². The Balaban J connectivity index is 1.91. The largest absolute Gasteiger partial charge is 0.479 e. The lowest BCUT2D eigenvalue weighted by Gasteiger charge is -2.36. The summed E-state index contributed by atoms with van der Waals surface area (Å²) in [4.78, 5) is 26.6. The van der Waals surface area contributed by atoms with Crippen molar-refractivity contribution in [3.8, 4) is 5.75 Å². The van der Waals surface area contributed by atoms with Crippen molar-refractivity contribution in [2.75, 3.05) is 10.2 Å². The van der Waals surface area contributed by atoms with E-state index in [4.69, 9.17) is 27.9 Å². The van der Waals surface area contributed by atoms with E-state index in [1.54, 1.807) is 12.1 Å². The molecule has 154 valence electrons. The Morgan fingerprint density at radius 3 is 2.55 bits per heavy atom. The third-order valence-electron chi connectivity index (χ3n) is 4.39. The summed E-state index contributed by atoms with van der Waals surface area (Å²) in [6, 6.07) is 6.14. The van der Waals surface area contributed by atoms with Crippen LogP contribution in [0.2, 0.25) is 10.0 Å². The van der Waals surface area contributed by atoms with Gasteiger partial charge in [0, 0.05) is 5.02 Å². The van der Waals surface area contributed by atoms with Gasteiger partial charge in [0.2, 0.25) is 5.91 Å². The second-order valence-corrected chi connectivity index (χ2v) is 7.28. The summed E-state index contributed by atoms with van der Waals surface area (Å²) in [7, 11) is 0. The third-order valence-corrected chi connectivity index (χ3v) is 4.95. The van der Waals surface area contributed by atoms with Gasteiger partial charge in [-0.25, -0.2) is 0 Å². The van der Waals surface area contributed by atoms with Gasteiger partial charge in [-0.2, -0.15) is 13.2 Å². The molecule has 2 aromatic rings. The van der Waals surface area contributed by atoms with Gasteiger partial charge < -0.3 is 10.1 Å². The monoisotopic (exact) mass is 446 g/mol. The molecular formula is C19H15Cl2F3N2O3. The standard InChI is InChI=1S/C19H15Cl2F3N2O3/c1-9(17(27)25-14-7-11(19(22,23)24)3-5-13(14)21)26-15-8-12(20)4-6-16(15)29-10(2)18(26)28/h3-10H,1-2H3,(H,25,27). The molecule has 2 aromatic carbocycles. The van der Waals surface area contributed by atoms with Gasteiger partial charge in [-0.15, -0.1) is 0 Å². The van der Waals surface area contributed by atoms with Crippen molar-refractivity contribution < 1.29 is 27.5 Å². The number of nitrogens with zero attached hydrogens (tertiary/aromatic N) is 1. The predicted octanol–water partition coefficient (Wildman–Crippen LogP) is 5.15. The third kappa shape index (κ3) is 4.28. The Morgan fingerprint density at radius 2 is 1.90 bits per heavy atom. The fourth-order valence-electron chi connectivity index (χ4n) is 2.89. The molecule has 0 radical (unpaired) electrons. The number of hydrogen-bond acceptors (Lipinski definition) is 3. The Morgan fingerprint density at radius 1 is 1.21 bits per heavy atom. The minimum absolute atomic E-state index is 0.0660. The number of fused-ring (bicyclic) bond motifs is 1. The Bertz CT molecular complexity index is 982. The SMILES string of the molecule is CC1Oc2ccc(Cl)cc2N(C(C)C(=O)Nc2cc(C(F)(F)F)ccc2Cl)C1=O. The summed E-state index contributed by atoms with van der Waals surface area (Å²) < 4.78 is 44.4. The number of amides is 2. The number of hydrogen-bond donors (Lipinski definition) is 1. The van der Waals surface area contributed by atoms with Gasteiger partial charge in [0.15, 0.2) is 6.10 Å². The van der Waals surface area contributed by atoms with Crippen LogP contribution in [-0.4, -0.2) is 24.0 Å². The summed E-state index contributed by atoms with van der Waals surface area (Å²) in [6.45, 7) is 2.97. The molecule has 2 unspecified atom stereocenters. The van der Waals surface area contributed by atoms with Crippen molar-refractivity contribution in [1.29, 1.82) is 0 Å². The van der Waals surface area contributed by atoms with Gasteiger partial charge in [-0.1, -0.05) is 23.2 Å². The first kappa shape index (κ1) is 21.3. The molecule has 1 heterocycles. The number of alkyl halides is 3. The molecule has 2 atom stereocenters. The lowest BCUT2D eigenvalue weighted by Crippen LogP contribution is -2.52. The normalized spacial score (nSPS) is 17.4. The lowest BCUT2D eigenvalue weighted by molar-refractivity contribution is -0.137. The molecule has 29 heavy (non-hydrogen) atoms. The van der Waals surface area contributed by atoms with Crippen LogP contribution in [0.1, 0.15) is 19.4 Å². The first-order chi connectivity index (χ1) is 13.5. The molecule has 2 amide bonds. The van der Waals surface area contributed by atoms with Gasteiger partial charge in [-0.05, 0) is 50.2 Å². The van der Waals surface area contributed by atoms with Gasteiger partial charge in [-0.3, -0.25) is 14.5 Å². The van der Waals surface area contributed by atoms with E-state index in [2.05, 4.69) is 5.32 Å². The maximum Gasteiger partial charge on any atom is 0.416 e. The molecule has 1 aliphatic heterocycles. The molecule has 1 N–H and O–H groups in total. The highest BCUT2D eigenvalue weighted by molar-refractivity contribution is 6.34. The van der Waals surface area contributed by atoms with E-state index in [0.29, 0.717) is 16.5 Å². The molecule has 1 aliphatic rings. The highest BCUT2D eigenvalue weighted by Gasteiger charge is 2.38. The number of halogens is 5. The molecule has 0 aromatic heterocycles. The zero-order chi connectivity index (χ0) is 21.5. The first-order valence-electron chi connectivity index (χ1n) is 8.46. The zero-order valence-electron chi connectivity index (χ0n) is 15.2. The van der Waals surface area contributed by atoms with Gasteiger partial charge in [0.25, 0.3) is 5.91 Å². The van der Waals surface area contributed by atoms with Crippen LogP contribution in [0.15, 0.2) is 36.4 Å². The lowest BCUT2D eigenvalue weighted by atomic mass is 10.1. The number of carbonyl (C=O) groups excluding carboxylic acids is 2. The minimum Gasteiger partial charge on any atom is -0.479 e. The second-order valence-electron chi connectivity index (χ2n) is 6.44. The van der Waals surface area contributed by atoms with Crippen LogP contribution in [0.4, 0.5) is 24.5 Å². The van der Waals surface area contributed by atoms with Crippen LogP contribution in [0.3, 0.4) is 0 Å². The maximum atomic E-state index is 12.9. The maximum absolute atomic E-state index is 12.9. The molecule has 0 fully saturated rings. The Hall–Kier alpha value is -2.45. The predicted molar refractivity (Wildman–Crippen MR) is 104 cm³/mol. The quantitative estimate of drug-likeness (QED) is 0.708. The number of nitrogens with one attached hydrogen (secondary N) is 1. The van der Waals surface area contributed by atoms with E-state index < -0.39 is 35.7 Å². The molecule has 0 saturated carbocycles. The number of rotatable bonds is 3. The summed E-state index contributed by atoms with van der Waals surface area (Å²) >= 11 is 11.9. The van der Waals surface area contributed by atoms with Gasteiger partial charge in [0.05, 0.1) is 22.0 Å². The molecule has 5 nitrogen and oxygen atoms in total. The van der Waals surface area contributed by atoms with Crippen molar-refractivity contribution in [3.05, 3.63) is 52.0 Å².